The van der Waals surface area contributed by atoms with Gasteiger partial charge in [-0.2, -0.15) is 0 Å². The molecule has 0 radical (unpaired) electrons. The lowest BCUT2D eigenvalue weighted by atomic mass is 9.85. The number of likely N-dealkylation sites (tertiary alicyclic amines) is 1. The van der Waals surface area contributed by atoms with E-state index in [0.29, 0.717) is 11.7 Å². The van der Waals surface area contributed by atoms with Crippen LogP contribution in [0.5, 0.6) is 5.75 Å². The third-order valence-corrected chi connectivity index (χ3v) is 4.48. The van der Waals surface area contributed by atoms with E-state index in [4.69, 9.17) is 9.47 Å². The molecule has 1 amide bonds. The van der Waals surface area contributed by atoms with Crippen LogP contribution in [0.3, 0.4) is 0 Å². The van der Waals surface area contributed by atoms with Gasteiger partial charge in [0.2, 0.25) is 0 Å². The quantitative estimate of drug-likeness (QED) is 0.839. The number of carbonyl (C=O) groups is 1. The van der Waals surface area contributed by atoms with Gasteiger partial charge in [-0.15, -0.1) is 0 Å². The minimum absolute atomic E-state index is 0.0204. The average molecular weight is 307 g/mol. The molecule has 0 atom stereocenters. The molecule has 2 fully saturated rings. The second-order valence-electron chi connectivity index (χ2n) is 6.20. The lowest BCUT2D eigenvalue weighted by Gasteiger charge is -2.41. The van der Waals surface area contributed by atoms with Crippen LogP contribution in [0.2, 0.25) is 0 Å². The summed E-state index contributed by atoms with van der Waals surface area (Å²) in [6.45, 7) is 3.38. The van der Waals surface area contributed by atoms with Gasteiger partial charge in [-0.3, -0.25) is 4.79 Å². The zero-order valence-corrected chi connectivity index (χ0v) is 12.7. The zero-order chi connectivity index (χ0) is 15.4. The Balaban J connectivity index is 1.36. The summed E-state index contributed by atoms with van der Waals surface area (Å²) in [4.78, 5) is 13.8. The van der Waals surface area contributed by atoms with Crippen LogP contribution in [-0.2, 0) is 9.53 Å². The number of nitrogens with zero attached hydrogens (tertiary/aromatic N) is 1. The Bertz CT molecular complexity index is 510. The minimum atomic E-state index is -0.356. The predicted octanol–water partition coefficient (Wildman–Crippen LogP) is 2.48. The number of halogens is 1. The van der Waals surface area contributed by atoms with Gasteiger partial charge in [-0.1, -0.05) is 6.07 Å². The Morgan fingerprint density at radius 2 is 2.05 bits per heavy atom. The minimum Gasteiger partial charge on any atom is -0.484 e. The van der Waals surface area contributed by atoms with E-state index in [1.54, 1.807) is 12.1 Å². The Labute approximate surface area is 130 Å². The van der Waals surface area contributed by atoms with Crippen LogP contribution in [0, 0.1) is 17.7 Å². The van der Waals surface area contributed by atoms with E-state index in [1.165, 1.54) is 18.6 Å². The van der Waals surface area contributed by atoms with Crippen LogP contribution in [0.15, 0.2) is 24.3 Å². The number of rotatable bonds is 5. The molecule has 2 saturated heterocycles. The number of carbonyl (C=O) groups excluding carboxylic acids is 1. The third-order valence-electron chi connectivity index (χ3n) is 4.48. The van der Waals surface area contributed by atoms with Gasteiger partial charge in [0.05, 0.1) is 0 Å². The summed E-state index contributed by atoms with van der Waals surface area (Å²) in [5.41, 5.74) is 0. The Morgan fingerprint density at radius 3 is 2.77 bits per heavy atom. The van der Waals surface area contributed by atoms with Crippen molar-refractivity contribution in [3.63, 3.8) is 0 Å². The van der Waals surface area contributed by atoms with E-state index >= 15 is 0 Å². The molecule has 0 bridgehead atoms. The maximum atomic E-state index is 13.0. The first kappa shape index (κ1) is 15.3. The zero-order valence-electron chi connectivity index (χ0n) is 12.7. The maximum absolute atomic E-state index is 13.0. The van der Waals surface area contributed by atoms with Gasteiger partial charge in [0.25, 0.3) is 5.91 Å². The molecule has 3 rings (SSSR count). The molecule has 2 heterocycles. The van der Waals surface area contributed by atoms with Gasteiger partial charge in [0.15, 0.2) is 6.61 Å². The van der Waals surface area contributed by atoms with Crippen molar-refractivity contribution in [2.24, 2.45) is 11.8 Å². The molecule has 4 nitrogen and oxygen atoms in total. The highest BCUT2D eigenvalue weighted by Crippen LogP contribution is 2.28. The fourth-order valence-corrected chi connectivity index (χ4v) is 3.17. The summed E-state index contributed by atoms with van der Waals surface area (Å²) in [6, 6.07) is 5.87. The largest absolute Gasteiger partial charge is 0.484 e. The van der Waals surface area contributed by atoms with Gasteiger partial charge in [0.1, 0.15) is 11.6 Å². The van der Waals surface area contributed by atoms with Crippen LogP contribution >= 0.6 is 0 Å². The smallest absolute Gasteiger partial charge is 0.260 e. The highest BCUT2D eigenvalue weighted by molar-refractivity contribution is 5.78. The molecule has 2 aliphatic rings. The molecule has 120 valence electrons. The van der Waals surface area contributed by atoms with Crippen molar-refractivity contribution in [1.29, 1.82) is 0 Å². The number of amides is 1. The summed E-state index contributed by atoms with van der Waals surface area (Å²) >= 11 is 0. The van der Waals surface area contributed by atoms with Crippen LogP contribution in [-0.4, -0.2) is 43.7 Å². The molecule has 0 aromatic heterocycles. The normalized spacial score (nSPS) is 19.8. The monoisotopic (exact) mass is 307 g/mol. The van der Waals surface area contributed by atoms with E-state index < -0.39 is 0 Å². The molecule has 5 heteroatoms. The average Bonchev–Trinajstić information content (AvgIpc) is 2.49. The van der Waals surface area contributed by atoms with Crippen molar-refractivity contribution >= 4 is 5.91 Å². The lowest BCUT2D eigenvalue weighted by molar-refractivity contribution is -0.140. The van der Waals surface area contributed by atoms with Crippen molar-refractivity contribution in [2.75, 3.05) is 32.9 Å². The predicted molar refractivity (Wildman–Crippen MR) is 80.1 cm³/mol. The number of benzene rings is 1. The molecule has 0 saturated carbocycles. The molecule has 0 aliphatic carbocycles. The van der Waals surface area contributed by atoms with E-state index in [1.807, 2.05) is 4.90 Å². The van der Waals surface area contributed by atoms with Crippen LogP contribution in [0.1, 0.15) is 19.3 Å². The number of hydrogen-bond donors (Lipinski definition) is 0. The highest BCUT2D eigenvalue weighted by Gasteiger charge is 2.32. The van der Waals surface area contributed by atoms with Crippen LogP contribution in [0.25, 0.3) is 0 Å². The van der Waals surface area contributed by atoms with Crippen molar-refractivity contribution in [3.05, 3.63) is 30.1 Å². The summed E-state index contributed by atoms with van der Waals surface area (Å²) < 4.78 is 23.7. The second kappa shape index (κ2) is 7.09. The Kier molecular flexibility index (Phi) is 4.93. The van der Waals surface area contributed by atoms with Gasteiger partial charge < -0.3 is 14.4 Å². The van der Waals surface area contributed by atoms with Gasteiger partial charge in [-0.05, 0) is 43.2 Å². The first-order valence-corrected chi connectivity index (χ1v) is 7.94. The molecular formula is C17H22FNO3. The first-order chi connectivity index (χ1) is 10.7. The fourth-order valence-electron chi connectivity index (χ4n) is 3.17. The van der Waals surface area contributed by atoms with Crippen LogP contribution in [0.4, 0.5) is 4.39 Å². The molecule has 1 aromatic carbocycles. The van der Waals surface area contributed by atoms with Gasteiger partial charge in [-0.25, -0.2) is 4.39 Å². The van der Waals surface area contributed by atoms with Crippen molar-refractivity contribution in [1.82, 2.24) is 4.90 Å². The molecule has 0 spiro atoms. The van der Waals surface area contributed by atoms with E-state index in [0.717, 1.165) is 45.1 Å². The maximum Gasteiger partial charge on any atom is 0.260 e. The van der Waals surface area contributed by atoms with E-state index in [-0.39, 0.29) is 18.3 Å². The standard InChI is InChI=1S/C17H22FNO3/c18-15-2-1-3-16(9-15)22-12-17(20)19-10-14(11-19)8-13-4-6-21-7-5-13/h1-3,9,13-14H,4-8,10-12H2. The van der Waals surface area contributed by atoms with Crippen molar-refractivity contribution in [2.45, 2.75) is 19.3 Å². The molecule has 0 unspecified atom stereocenters. The van der Waals surface area contributed by atoms with E-state index in [2.05, 4.69) is 0 Å². The number of hydrogen-bond acceptors (Lipinski definition) is 3. The highest BCUT2D eigenvalue weighted by atomic mass is 19.1. The SMILES string of the molecule is O=C(COc1cccc(F)c1)N1CC(CC2CCOCC2)C1. The summed E-state index contributed by atoms with van der Waals surface area (Å²) in [6.07, 6.45) is 3.48. The lowest BCUT2D eigenvalue weighted by Crippen LogP contribution is -2.52. The van der Waals surface area contributed by atoms with E-state index in [9.17, 15) is 9.18 Å². The first-order valence-electron chi connectivity index (χ1n) is 7.94. The Hall–Kier alpha value is -1.62. The van der Waals surface area contributed by atoms with Gasteiger partial charge in [0, 0.05) is 32.4 Å². The topological polar surface area (TPSA) is 38.8 Å². The Morgan fingerprint density at radius 1 is 1.27 bits per heavy atom. The summed E-state index contributed by atoms with van der Waals surface area (Å²) in [7, 11) is 0. The fraction of sp³-hybridized carbons (Fsp3) is 0.588. The second-order valence-corrected chi connectivity index (χ2v) is 6.20. The molecule has 0 N–H and O–H groups in total. The molecule has 1 aromatic rings. The van der Waals surface area contributed by atoms with Crippen molar-refractivity contribution in [3.8, 4) is 5.75 Å². The molecular weight excluding hydrogens is 285 g/mol. The van der Waals surface area contributed by atoms with Gasteiger partial charge >= 0.3 is 0 Å². The van der Waals surface area contributed by atoms with Crippen LogP contribution < -0.4 is 4.74 Å². The number of ether oxygens (including phenoxy) is 2. The summed E-state index contributed by atoms with van der Waals surface area (Å²) in [5.74, 6) is 1.38. The third kappa shape index (κ3) is 3.97. The summed E-state index contributed by atoms with van der Waals surface area (Å²) in [5, 5.41) is 0. The molecule has 2 aliphatic heterocycles. The molecule has 22 heavy (non-hydrogen) atoms. The van der Waals surface area contributed by atoms with Crippen molar-refractivity contribution < 1.29 is 18.7 Å².